The Morgan fingerprint density at radius 3 is 1.30 bits per heavy atom. The number of halogens is 5. The predicted octanol–water partition coefficient (Wildman–Crippen LogP) is 7.83. The molecule has 91 heavy (non-hydrogen) atoms. The summed E-state index contributed by atoms with van der Waals surface area (Å²) in [5.41, 5.74) is 8.02. The largest absolute Gasteiger partial charge is 0.479 e. The number of carbonyl (C=O) groups is 8. The number of nitrogens with zero attached hydrogens (tertiary/aromatic N) is 4. The Hall–Kier alpha value is -8.77. The van der Waals surface area contributed by atoms with Crippen molar-refractivity contribution in [2.45, 2.75) is 65.8 Å². The van der Waals surface area contributed by atoms with Gasteiger partial charge in [0.15, 0.2) is 18.3 Å². The molecule has 0 spiro atoms. The number of esters is 5. The summed E-state index contributed by atoms with van der Waals surface area (Å²) in [4.78, 5) is 95.1. The molecule has 0 unspecified atom stereocenters. The van der Waals surface area contributed by atoms with Crippen LogP contribution in [-0.2, 0) is 65.5 Å². The molecule has 0 radical (unpaired) electrons. The number of alkyl halides is 1. The highest BCUT2D eigenvalue weighted by molar-refractivity contribution is 6.31. The van der Waals surface area contributed by atoms with E-state index in [0.29, 0.717) is 43.4 Å². The van der Waals surface area contributed by atoms with Crippen LogP contribution in [0, 0.1) is 35.3 Å². The Balaban J connectivity index is 0.000000332. The molecule has 0 fully saturated rings. The first-order valence-corrected chi connectivity index (χ1v) is 28.5. The lowest BCUT2D eigenvalue weighted by Gasteiger charge is -2.25. The van der Waals surface area contributed by atoms with Crippen LogP contribution in [0.2, 0.25) is 10.0 Å². The number of ether oxygens (including phenoxy) is 7. The van der Waals surface area contributed by atoms with E-state index in [1.165, 1.54) is 87.0 Å². The maximum Gasteiger partial charge on any atom is 0.339 e. The average molecular weight is 1340 g/mol. The first-order chi connectivity index (χ1) is 43.2. The molecule has 0 saturated carbocycles. The Kier molecular flexibility index (Phi) is 30.7. The van der Waals surface area contributed by atoms with Gasteiger partial charge < -0.3 is 57.5 Å². The molecule has 2 heterocycles. The van der Waals surface area contributed by atoms with Gasteiger partial charge in [0.05, 0.1) is 78.3 Å². The zero-order valence-corrected chi connectivity index (χ0v) is 52.6. The van der Waals surface area contributed by atoms with Crippen LogP contribution in [0.25, 0.3) is 22.3 Å². The predicted molar refractivity (Wildman–Crippen MR) is 319 cm³/mol. The van der Waals surface area contributed by atoms with Crippen LogP contribution in [-0.4, -0.2) is 150 Å². The second kappa shape index (κ2) is 37.4. The number of amides is 2. The summed E-state index contributed by atoms with van der Waals surface area (Å²) in [6, 6.07) is 24.0. The van der Waals surface area contributed by atoms with Crippen LogP contribution >= 0.6 is 34.8 Å². The lowest BCUT2D eigenvalue weighted by molar-refractivity contribution is -0.178. The number of hydrazine groups is 2. The number of hydrogen-bond donors (Lipinski definition) is 5. The Morgan fingerprint density at radius 2 is 0.945 bits per heavy atom. The highest BCUT2D eigenvalue weighted by atomic mass is 35.5. The molecule has 6 rings (SSSR count). The van der Waals surface area contributed by atoms with Crippen LogP contribution in [0.1, 0.15) is 72.8 Å². The van der Waals surface area contributed by atoms with Crippen molar-refractivity contribution in [3.05, 3.63) is 141 Å². The van der Waals surface area contributed by atoms with Crippen molar-refractivity contribution in [2.75, 3.05) is 54.4 Å². The summed E-state index contributed by atoms with van der Waals surface area (Å²) >= 11 is 17.2. The first-order valence-electron chi connectivity index (χ1n) is 27.2. The molecule has 31 heteroatoms. The van der Waals surface area contributed by atoms with Crippen molar-refractivity contribution >= 4 is 82.4 Å². The summed E-state index contributed by atoms with van der Waals surface area (Å²) in [6.45, 7) is 5.42. The number of carboxylic acids is 1. The highest BCUT2D eigenvalue weighted by Gasteiger charge is 2.30. The van der Waals surface area contributed by atoms with E-state index in [4.69, 9.17) is 67.9 Å². The van der Waals surface area contributed by atoms with Gasteiger partial charge in [-0.3, -0.25) is 39.6 Å². The summed E-state index contributed by atoms with van der Waals surface area (Å²) in [7, 11) is 5.17. The molecule has 26 nitrogen and oxygen atoms in total. The Labute approximate surface area is 535 Å². The maximum atomic E-state index is 14.3. The number of benzene rings is 4. The van der Waals surface area contributed by atoms with E-state index in [0.717, 1.165) is 0 Å². The lowest BCUT2D eigenvalue weighted by Crippen LogP contribution is -2.47. The van der Waals surface area contributed by atoms with Crippen molar-refractivity contribution in [1.82, 2.24) is 31.2 Å². The summed E-state index contributed by atoms with van der Waals surface area (Å²) in [6.07, 6.45) is -3.74. The van der Waals surface area contributed by atoms with Gasteiger partial charge in [-0.15, -0.1) is 0 Å². The number of nitrogens with one attached hydrogen (secondary N) is 2. The molecule has 5 N–H and O–H groups in total. The number of hydrogen-bond acceptors (Lipinski definition) is 23. The fourth-order valence-electron chi connectivity index (χ4n) is 7.87. The molecule has 2 amide bonds. The number of methoxy groups -OCH3 is 4. The SMILES string of the molecule is COC(=O)C[C@H](C(=O)OCCl)C(C)C.COC(=O)C[C@H](C(=O)OCOC(=O)[C@H](O)CN(Cc1ccc(-c2cc(Cl)ccc2F)cc1)NC(=O)c1cc(OC)no1)C(C)C.COc1cc(C(=O)NN(Cc2ccc(-c3cc(Cl)ccc3F)cc2)C[C@@H](O)C(=O)O)on1. The van der Waals surface area contributed by atoms with Crippen LogP contribution in [0.15, 0.2) is 106 Å². The van der Waals surface area contributed by atoms with Crippen molar-refractivity contribution < 1.29 is 105 Å². The van der Waals surface area contributed by atoms with Gasteiger partial charge >= 0.3 is 47.6 Å². The molecule has 492 valence electrons. The van der Waals surface area contributed by atoms with Gasteiger partial charge in [-0.2, -0.15) is 0 Å². The van der Waals surface area contributed by atoms with E-state index >= 15 is 0 Å². The molecule has 6 aromatic rings. The topological polar surface area (TPSA) is 344 Å². The van der Waals surface area contributed by atoms with E-state index in [-0.39, 0.29) is 67.1 Å². The molecular formula is C60H67Cl3F2N6O20. The number of carboxylic acid groups (broad SMARTS) is 1. The summed E-state index contributed by atoms with van der Waals surface area (Å²) in [5, 5.41) is 39.6. The summed E-state index contributed by atoms with van der Waals surface area (Å²) in [5.74, 6) is -9.00. The fraction of sp³-hybridized carbons (Fsp3) is 0.367. The number of rotatable bonds is 29. The normalized spacial score (nSPS) is 12.2. The second-order valence-electron chi connectivity index (χ2n) is 20.0. The third-order valence-corrected chi connectivity index (χ3v) is 13.5. The zero-order chi connectivity index (χ0) is 67.5. The zero-order valence-electron chi connectivity index (χ0n) is 50.3. The number of aliphatic hydroxyl groups excluding tert-OH is 2. The molecule has 0 aliphatic heterocycles. The standard InChI is InChI=1S/C30H33ClFN3O10.C21H19ClFN3O6.C9H15ClO4/c1-17(2)21(12-27(37)42-4)29(39)43-16-44-30(40)24(36)15-35(33-28(38)25-13-26(41-3)34-45-25)14-18-5-7-19(8-6-18)22-11-20(31)9-10-23(22)32;1-31-19-9-18(32-25-19)20(28)24-26(11-17(27)21(29)30)10-12-2-4-13(5-3-12)15-8-14(22)6-7-16(15)23;1-6(2)7(4-8(11)13-3)9(12)14-5-10/h5-11,13,17,21,24,36H,12,14-16H2,1-4H3,(H,33,38);2-9,17,27H,10-11H2,1H3,(H,24,28)(H,29,30);6-7H,4-5H2,1-3H3/t21-,24+;17-;7-/m010/s1. The van der Waals surface area contributed by atoms with E-state index in [1.807, 2.05) is 13.8 Å². The molecule has 0 aliphatic carbocycles. The molecule has 0 saturated heterocycles. The van der Waals surface area contributed by atoms with E-state index in [2.05, 4.69) is 35.4 Å². The van der Waals surface area contributed by atoms with E-state index < -0.39 is 103 Å². The Bertz CT molecular complexity index is 3390. The third kappa shape index (κ3) is 24.5. The van der Waals surface area contributed by atoms with Crippen LogP contribution in [0.5, 0.6) is 11.8 Å². The minimum atomic E-state index is -1.80. The smallest absolute Gasteiger partial charge is 0.339 e. The minimum Gasteiger partial charge on any atom is -0.479 e. The summed E-state index contributed by atoms with van der Waals surface area (Å²) < 4.78 is 71.6. The quantitative estimate of drug-likeness (QED) is 0.00981. The lowest BCUT2D eigenvalue weighted by atomic mass is 9.93. The van der Waals surface area contributed by atoms with E-state index in [1.54, 1.807) is 62.4 Å². The number of carbonyl (C=O) groups excluding carboxylic acids is 7. The Morgan fingerprint density at radius 1 is 0.560 bits per heavy atom. The van der Waals surface area contributed by atoms with E-state index in [9.17, 15) is 57.4 Å². The molecular weight excluding hydrogens is 1270 g/mol. The number of aromatic nitrogens is 2. The highest BCUT2D eigenvalue weighted by Crippen LogP contribution is 2.29. The second-order valence-corrected chi connectivity index (χ2v) is 21.1. The monoisotopic (exact) mass is 1330 g/mol. The number of aliphatic carboxylic acids is 1. The van der Waals surface area contributed by atoms with Gasteiger partial charge in [-0.1, -0.05) is 111 Å². The third-order valence-electron chi connectivity index (χ3n) is 12.9. The van der Waals surface area contributed by atoms with Gasteiger partial charge in [0.25, 0.3) is 11.8 Å². The average Bonchev–Trinajstić information content (AvgIpc) is 1.95. The van der Waals surface area contributed by atoms with Crippen molar-refractivity contribution in [3.8, 4) is 34.0 Å². The fourth-order valence-corrected chi connectivity index (χ4v) is 8.32. The molecule has 0 aliphatic rings. The van der Waals surface area contributed by atoms with Gasteiger partial charge in [-0.25, -0.2) is 28.4 Å². The van der Waals surface area contributed by atoms with Gasteiger partial charge in [0, 0.05) is 34.3 Å². The number of aliphatic hydroxyl groups is 2. The maximum absolute atomic E-state index is 14.3. The molecule has 4 aromatic carbocycles. The van der Waals surface area contributed by atoms with Gasteiger partial charge in [-0.05, 0) is 80.8 Å². The van der Waals surface area contributed by atoms with Crippen LogP contribution in [0.3, 0.4) is 0 Å². The molecule has 2 aromatic heterocycles. The molecule has 0 bridgehead atoms. The van der Waals surface area contributed by atoms with Crippen molar-refractivity contribution in [3.63, 3.8) is 0 Å². The first kappa shape index (κ1) is 74.7. The van der Waals surface area contributed by atoms with Crippen LogP contribution < -0.4 is 20.3 Å². The van der Waals surface area contributed by atoms with Crippen LogP contribution in [0.4, 0.5) is 8.78 Å². The van der Waals surface area contributed by atoms with Crippen molar-refractivity contribution in [2.24, 2.45) is 23.7 Å². The minimum absolute atomic E-state index is 0.0183. The van der Waals surface area contributed by atoms with Crippen molar-refractivity contribution in [1.29, 1.82) is 0 Å². The van der Waals surface area contributed by atoms with Gasteiger partial charge in [0.2, 0.25) is 18.3 Å². The molecule has 4 atom stereocenters. The van der Waals surface area contributed by atoms with Gasteiger partial charge in [0.1, 0.15) is 11.6 Å².